The van der Waals surface area contributed by atoms with Crippen molar-refractivity contribution in [1.29, 1.82) is 0 Å². The lowest BCUT2D eigenvalue weighted by molar-refractivity contribution is 0.0652. The molecule has 0 unspecified atom stereocenters. The summed E-state index contributed by atoms with van der Waals surface area (Å²) in [4.78, 5) is 13.9. The lowest BCUT2D eigenvalue weighted by Crippen LogP contribution is -2.34. The van der Waals surface area contributed by atoms with Gasteiger partial charge < -0.3 is 14.1 Å². The van der Waals surface area contributed by atoms with Gasteiger partial charge in [0.2, 0.25) is 10.0 Å². The zero-order valence-corrected chi connectivity index (χ0v) is 12.5. The topological polar surface area (TPSA) is 88.9 Å². The van der Waals surface area contributed by atoms with Gasteiger partial charge in [0.15, 0.2) is 5.76 Å². The van der Waals surface area contributed by atoms with Crippen LogP contribution in [0.2, 0.25) is 0 Å². The zero-order chi connectivity index (χ0) is 15.0. The molecule has 0 aromatic carbocycles. The number of nitrogens with one attached hydrogen (secondary N) is 1. The molecule has 116 valence electrons. The van der Waals surface area contributed by atoms with Crippen LogP contribution in [-0.4, -0.2) is 57.8 Å². The Morgan fingerprint density at radius 2 is 2.29 bits per heavy atom. The summed E-state index contributed by atoms with van der Waals surface area (Å²) in [6.45, 7) is 1.98. The van der Waals surface area contributed by atoms with Crippen LogP contribution in [0.1, 0.15) is 10.6 Å². The summed E-state index contributed by atoms with van der Waals surface area (Å²) in [7, 11) is -3.21. The van der Waals surface area contributed by atoms with Gasteiger partial charge in [-0.25, -0.2) is 13.1 Å². The van der Waals surface area contributed by atoms with Crippen LogP contribution in [0.25, 0.3) is 0 Å². The van der Waals surface area contributed by atoms with Crippen molar-refractivity contribution in [2.45, 2.75) is 6.10 Å². The van der Waals surface area contributed by atoms with E-state index in [1.54, 1.807) is 17.0 Å². The normalized spacial score (nSPS) is 28.8. The highest BCUT2D eigenvalue weighted by Gasteiger charge is 2.45. The molecule has 2 fully saturated rings. The summed E-state index contributed by atoms with van der Waals surface area (Å²) in [6.07, 6.45) is 2.59. The van der Waals surface area contributed by atoms with Crippen molar-refractivity contribution < 1.29 is 22.4 Å². The molecule has 2 aliphatic heterocycles. The number of rotatable bonds is 4. The molecule has 21 heavy (non-hydrogen) atoms. The van der Waals surface area contributed by atoms with E-state index in [1.165, 1.54) is 6.26 Å². The summed E-state index contributed by atoms with van der Waals surface area (Å²) in [5, 5.41) is 0. The van der Waals surface area contributed by atoms with Crippen LogP contribution in [0.3, 0.4) is 0 Å². The molecule has 8 heteroatoms. The molecule has 1 N–H and O–H groups in total. The number of ether oxygens (including phenoxy) is 1. The van der Waals surface area contributed by atoms with Crippen molar-refractivity contribution in [2.75, 3.05) is 32.5 Å². The molecule has 0 spiro atoms. The van der Waals surface area contributed by atoms with E-state index in [0.29, 0.717) is 32.0 Å². The Hall–Kier alpha value is -1.38. The number of nitrogens with zero attached hydrogens (tertiary/aromatic N) is 1. The highest BCUT2D eigenvalue weighted by atomic mass is 32.2. The Balaban J connectivity index is 1.62. The molecular weight excluding hydrogens is 296 g/mol. The number of furan rings is 1. The second-order valence-electron chi connectivity index (χ2n) is 5.60. The van der Waals surface area contributed by atoms with Crippen molar-refractivity contribution in [1.82, 2.24) is 9.62 Å². The van der Waals surface area contributed by atoms with Gasteiger partial charge in [-0.1, -0.05) is 0 Å². The number of fused-ring (bicyclic) bond motifs is 1. The lowest BCUT2D eigenvalue weighted by atomic mass is 9.93. The minimum atomic E-state index is -3.21. The maximum absolute atomic E-state index is 12.2. The summed E-state index contributed by atoms with van der Waals surface area (Å²) >= 11 is 0. The van der Waals surface area contributed by atoms with Gasteiger partial charge in [0.25, 0.3) is 5.91 Å². The third kappa shape index (κ3) is 3.12. The van der Waals surface area contributed by atoms with E-state index in [1.807, 2.05) is 0 Å². The van der Waals surface area contributed by atoms with Crippen LogP contribution in [0, 0.1) is 11.8 Å². The van der Waals surface area contributed by atoms with Gasteiger partial charge in [-0.15, -0.1) is 0 Å². The molecule has 0 saturated carbocycles. The standard InChI is InChI=1S/C13H18N2O5S/c1-21(17,18)14-5-9-8-20-12-7-15(6-10(9)12)13(16)11-3-2-4-19-11/h2-4,9-10,12,14H,5-8H2,1H3/t9-,10-,12-/m1/s1. The van der Waals surface area contributed by atoms with Crippen LogP contribution in [0.15, 0.2) is 22.8 Å². The number of carbonyl (C=O) groups is 1. The minimum Gasteiger partial charge on any atom is -0.459 e. The molecule has 0 aliphatic carbocycles. The highest BCUT2D eigenvalue weighted by molar-refractivity contribution is 7.88. The second-order valence-corrected chi connectivity index (χ2v) is 7.44. The fourth-order valence-corrected chi connectivity index (χ4v) is 3.51. The van der Waals surface area contributed by atoms with E-state index in [4.69, 9.17) is 9.15 Å². The molecule has 0 bridgehead atoms. The monoisotopic (exact) mass is 314 g/mol. The molecule has 2 saturated heterocycles. The minimum absolute atomic E-state index is 0.0183. The summed E-state index contributed by atoms with van der Waals surface area (Å²) in [5.41, 5.74) is 0. The van der Waals surface area contributed by atoms with Crippen LogP contribution in [0.4, 0.5) is 0 Å². The van der Waals surface area contributed by atoms with Crippen LogP contribution >= 0.6 is 0 Å². The average Bonchev–Trinajstić information content (AvgIpc) is 3.11. The Kier molecular flexibility index (Phi) is 3.76. The molecule has 0 radical (unpaired) electrons. The second kappa shape index (κ2) is 5.43. The molecule has 1 aromatic heterocycles. The number of sulfonamides is 1. The van der Waals surface area contributed by atoms with Gasteiger partial charge in [-0.05, 0) is 12.1 Å². The number of likely N-dealkylation sites (tertiary alicyclic amines) is 1. The van der Waals surface area contributed by atoms with E-state index in [9.17, 15) is 13.2 Å². The number of hydrogen-bond donors (Lipinski definition) is 1. The van der Waals surface area contributed by atoms with E-state index in [-0.39, 0.29) is 23.8 Å². The summed E-state index contributed by atoms with van der Waals surface area (Å²) in [5.74, 6) is 0.436. The first-order valence-electron chi connectivity index (χ1n) is 6.83. The van der Waals surface area contributed by atoms with Gasteiger partial charge >= 0.3 is 0 Å². The van der Waals surface area contributed by atoms with Crippen molar-refractivity contribution >= 4 is 15.9 Å². The SMILES string of the molecule is CS(=O)(=O)NC[C@@H]1CO[C@@H]2CN(C(=O)c3ccco3)C[C@H]12. The van der Waals surface area contributed by atoms with Gasteiger partial charge in [-0.2, -0.15) is 0 Å². The third-order valence-corrected chi connectivity index (χ3v) is 4.76. The summed E-state index contributed by atoms with van der Waals surface area (Å²) in [6, 6.07) is 3.32. The van der Waals surface area contributed by atoms with Crippen molar-refractivity contribution in [3.63, 3.8) is 0 Å². The van der Waals surface area contributed by atoms with Crippen LogP contribution in [0.5, 0.6) is 0 Å². The smallest absolute Gasteiger partial charge is 0.289 e. The predicted octanol–water partition coefficient (Wildman–Crippen LogP) is -0.0842. The van der Waals surface area contributed by atoms with Crippen LogP contribution in [-0.2, 0) is 14.8 Å². The Morgan fingerprint density at radius 1 is 1.48 bits per heavy atom. The van der Waals surface area contributed by atoms with E-state index in [0.717, 1.165) is 6.26 Å². The first-order chi connectivity index (χ1) is 9.94. The highest BCUT2D eigenvalue weighted by Crippen LogP contribution is 2.34. The fraction of sp³-hybridized carbons (Fsp3) is 0.615. The molecule has 1 aromatic rings. The van der Waals surface area contributed by atoms with Gasteiger partial charge in [-0.3, -0.25) is 4.79 Å². The van der Waals surface area contributed by atoms with Crippen molar-refractivity contribution in [3.8, 4) is 0 Å². The van der Waals surface area contributed by atoms with E-state index in [2.05, 4.69) is 4.72 Å². The quantitative estimate of drug-likeness (QED) is 0.839. The average molecular weight is 314 g/mol. The lowest BCUT2D eigenvalue weighted by Gasteiger charge is -2.19. The Bertz CT molecular complexity index is 613. The molecule has 3 atom stereocenters. The number of hydrogen-bond acceptors (Lipinski definition) is 5. The third-order valence-electron chi connectivity index (χ3n) is 4.07. The van der Waals surface area contributed by atoms with Crippen molar-refractivity contribution in [3.05, 3.63) is 24.2 Å². The first kappa shape index (κ1) is 14.6. The molecule has 2 aliphatic rings. The molecule has 1 amide bonds. The van der Waals surface area contributed by atoms with E-state index >= 15 is 0 Å². The largest absolute Gasteiger partial charge is 0.459 e. The Morgan fingerprint density at radius 3 is 2.95 bits per heavy atom. The zero-order valence-electron chi connectivity index (χ0n) is 11.7. The fourth-order valence-electron chi connectivity index (χ4n) is 2.99. The van der Waals surface area contributed by atoms with E-state index < -0.39 is 10.0 Å². The first-order valence-corrected chi connectivity index (χ1v) is 8.72. The summed E-state index contributed by atoms with van der Waals surface area (Å²) < 4.78 is 35.7. The molecule has 3 heterocycles. The van der Waals surface area contributed by atoms with Gasteiger partial charge in [0, 0.05) is 31.5 Å². The van der Waals surface area contributed by atoms with Crippen molar-refractivity contribution in [2.24, 2.45) is 11.8 Å². The molecule has 7 nitrogen and oxygen atoms in total. The predicted molar refractivity (Wildman–Crippen MR) is 74.2 cm³/mol. The maximum Gasteiger partial charge on any atom is 0.289 e. The maximum atomic E-state index is 12.2. The van der Waals surface area contributed by atoms with Gasteiger partial charge in [0.1, 0.15) is 0 Å². The molecular formula is C13H18N2O5S. The van der Waals surface area contributed by atoms with Crippen LogP contribution < -0.4 is 4.72 Å². The van der Waals surface area contributed by atoms with Gasteiger partial charge in [0.05, 0.1) is 25.2 Å². The Labute approximate surface area is 123 Å². The molecule has 3 rings (SSSR count). The number of carbonyl (C=O) groups excluding carboxylic acids is 1. The number of amides is 1.